The van der Waals surface area contributed by atoms with Crippen molar-refractivity contribution in [3.05, 3.63) is 48.6 Å². The maximum absolute atomic E-state index is 13.7. The summed E-state index contributed by atoms with van der Waals surface area (Å²) in [7, 11) is 0. The summed E-state index contributed by atoms with van der Waals surface area (Å²) >= 11 is 1.29. The SMILES string of the molecule is C=CCn1c(COc2ccccc2F)nnc1SCC(=O)NC(C)(C)CC. The number of allylic oxidation sites excluding steroid dienone is 1. The number of hydrogen-bond donors (Lipinski definition) is 1. The Labute approximate surface area is 163 Å². The molecule has 0 spiro atoms. The molecule has 27 heavy (non-hydrogen) atoms. The van der Waals surface area contributed by atoms with Gasteiger partial charge in [-0.05, 0) is 32.4 Å². The summed E-state index contributed by atoms with van der Waals surface area (Å²) in [4.78, 5) is 12.1. The number of thioether (sulfide) groups is 1. The van der Waals surface area contributed by atoms with Crippen LogP contribution in [0, 0.1) is 5.82 Å². The molecule has 0 aliphatic heterocycles. The van der Waals surface area contributed by atoms with Crippen LogP contribution in [0.5, 0.6) is 5.75 Å². The summed E-state index contributed by atoms with van der Waals surface area (Å²) in [6.45, 7) is 10.3. The number of benzene rings is 1. The summed E-state index contributed by atoms with van der Waals surface area (Å²) in [6.07, 6.45) is 2.55. The van der Waals surface area contributed by atoms with Crippen LogP contribution in [-0.2, 0) is 17.9 Å². The smallest absolute Gasteiger partial charge is 0.230 e. The van der Waals surface area contributed by atoms with Crippen LogP contribution in [0.3, 0.4) is 0 Å². The van der Waals surface area contributed by atoms with Crippen LogP contribution < -0.4 is 10.1 Å². The third-order valence-electron chi connectivity index (χ3n) is 3.99. The van der Waals surface area contributed by atoms with Crippen molar-refractivity contribution in [2.45, 2.75) is 51.0 Å². The van der Waals surface area contributed by atoms with Gasteiger partial charge in [-0.1, -0.05) is 36.9 Å². The lowest BCUT2D eigenvalue weighted by Gasteiger charge is -2.24. The number of nitrogens with zero attached hydrogens (tertiary/aromatic N) is 3. The highest BCUT2D eigenvalue weighted by molar-refractivity contribution is 7.99. The fourth-order valence-electron chi connectivity index (χ4n) is 2.18. The number of halogens is 1. The van der Waals surface area contributed by atoms with Gasteiger partial charge in [-0.15, -0.1) is 16.8 Å². The first-order valence-electron chi connectivity index (χ1n) is 8.70. The van der Waals surface area contributed by atoms with E-state index in [1.165, 1.54) is 17.8 Å². The van der Waals surface area contributed by atoms with Crippen molar-refractivity contribution in [1.82, 2.24) is 20.1 Å². The van der Waals surface area contributed by atoms with E-state index in [1.54, 1.807) is 28.8 Å². The molecule has 0 saturated carbocycles. The number of carbonyl (C=O) groups is 1. The predicted octanol–water partition coefficient (Wildman–Crippen LogP) is 3.58. The molecule has 8 heteroatoms. The van der Waals surface area contributed by atoms with Gasteiger partial charge in [-0.25, -0.2) is 4.39 Å². The Balaban J connectivity index is 2.02. The van der Waals surface area contributed by atoms with Crippen molar-refractivity contribution in [1.29, 1.82) is 0 Å². The number of rotatable bonds is 10. The van der Waals surface area contributed by atoms with E-state index in [2.05, 4.69) is 22.1 Å². The zero-order valence-electron chi connectivity index (χ0n) is 15.9. The highest BCUT2D eigenvalue weighted by Gasteiger charge is 2.19. The number of aromatic nitrogens is 3. The fraction of sp³-hybridized carbons (Fsp3) is 0.421. The highest BCUT2D eigenvalue weighted by atomic mass is 32.2. The zero-order valence-corrected chi connectivity index (χ0v) is 16.7. The Morgan fingerprint density at radius 2 is 2.15 bits per heavy atom. The van der Waals surface area contributed by atoms with Crippen molar-refractivity contribution in [3.63, 3.8) is 0 Å². The molecule has 6 nitrogen and oxygen atoms in total. The van der Waals surface area contributed by atoms with E-state index in [1.807, 2.05) is 20.8 Å². The Bertz CT molecular complexity index is 792. The van der Waals surface area contributed by atoms with Gasteiger partial charge in [0.2, 0.25) is 5.91 Å². The standard InChI is InChI=1S/C19H25FN4O2S/c1-5-11-24-16(12-26-15-10-8-7-9-14(15)20)22-23-18(24)27-13-17(25)21-19(3,4)6-2/h5,7-10H,1,6,11-13H2,2-4H3,(H,21,25). The normalized spacial score (nSPS) is 11.3. The minimum absolute atomic E-state index is 0.0656. The summed E-state index contributed by atoms with van der Waals surface area (Å²) in [5, 5.41) is 11.8. The van der Waals surface area contributed by atoms with E-state index in [0.717, 1.165) is 6.42 Å². The molecule has 0 fully saturated rings. The second-order valence-corrected chi connectivity index (χ2v) is 7.53. The molecular weight excluding hydrogens is 367 g/mol. The molecule has 0 aliphatic carbocycles. The average molecular weight is 393 g/mol. The molecule has 146 valence electrons. The minimum Gasteiger partial charge on any atom is -0.483 e. The van der Waals surface area contributed by atoms with E-state index < -0.39 is 5.82 Å². The van der Waals surface area contributed by atoms with Crippen LogP contribution in [0.15, 0.2) is 42.1 Å². The first-order chi connectivity index (χ1) is 12.9. The fourth-order valence-corrected chi connectivity index (χ4v) is 2.95. The number of amides is 1. The number of nitrogens with one attached hydrogen (secondary N) is 1. The van der Waals surface area contributed by atoms with Gasteiger partial charge in [0.1, 0.15) is 6.61 Å². The molecule has 0 radical (unpaired) electrons. The van der Waals surface area contributed by atoms with E-state index >= 15 is 0 Å². The topological polar surface area (TPSA) is 69.0 Å². The third-order valence-corrected chi connectivity index (χ3v) is 4.96. The number of carbonyl (C=O) groups excluding carboxylic acids is 1. The van der Waals surface area contributed by atoms with Gasteiger partial charge in [0.15, 0.2) is 22.5 Å². The van der Waals surface area contributed by atoms with Gasteiger partial charge in [0.05, 0.1) is 5.75 Å². The summed E-state index contributed by atoms with van der Waals surface area (Å²) in [5.41, 5.74) is -0.245. The quantitative estimate of drug-likeness (QED) is 0.494. The first-order valence-corrected chi connectivity index (χ1v) is 9.69. The molecule has 0 saturated heterocycles. The Morgan fingerprint density at radius 3 is 2.81 bits per heavy atom. The first kappa shape index (κ1) is 21.0. The average Bonchev–Trinajstić information content (AvgIpc) is 3.01. The van der Waals surface area contributed by atoms with Crippen molar-refractivity contribution in [2.24, 2.45) is 0 Å². The van der Waals surface area contributed by atoms with Crippen LogP contribution in [0.4, 0.5) is 4.39 Å². The molecule has 1 aromatic carbocycles. The van der Waals surface area contributed by atoms with E-state index in [4.69, 9.17) is 4.74 Å². The third kappa shape index (κ3) is 6.09. The molecular formula is C19H25FN4O2S. The van der Waals surface area contributed by atoms with Crippen LogP contribution >= 0.6 is 11.8 Å². The molecule has 1 N–H and O–H groups in total. The van der Waals surface area contributed by atoms with Gasteiger partial charge >= 0.3 is 0 Å². The largest absolute Gasteiger partial charge is 0.483 e. The molecule has 2 rings (SSSR count). The highest BCUT2D eigenvalue weighted by Crippen LogP contribution is 2.20. The Kier molecular flexibility index (Phi) is 7.41. The molecule has 1 aromatic heterocycles. The number of ether oxygens (including phenoxy) is 1. The lowest BCUT2D eigenvalue weighted by molar-refractivity contribution is -0.120. The molecule has 0 bridgehead atoms. The number of hydrogen-bond acceptors (Lipinski definition) is 5. The van der Waals surface area contributed by atoms with Crippen molar-refractivity contribution < 1.29 is 13.9 Å². The second-order valence-electron chi connectivity index (χ2n) is 6.59. The van der Waals surface area contributed by atoms with Crippen molar-refractivity contribution in [3.8, 4) is 5.75 Å². The van der Waals surface area contributed by atoms with Crippen molar-refractivity contribution in [2.75, 3.05) is 5.75 Å². The molecule has 1 amide bonds. The van der Waals surface area contributed by atoms with Gasteiger partial charge in [0.25, 0.3) is 0 Å². The van der Waals surface area contributed by atoms with Gasteiger partial charge < -0.3 is 10.1 Å². The molecule has 0 aliphatic rings. The lowest BCUT2D eigenvalue weighted by atomic mass is 10.0. The van der Waals surface area contributed by atoms with Crippen LogP contribution in [0.25, 0.3) is 0 Å². The van der Waals surface area contributed by atoms with Gasteiger partial charge in [-0.3, -0.25) is 9.36 Å². The molecule has 0 atom stereocenters. The minimum atomic E-state index is -0.433. The van der Waals surface area contributed by atoms with E-state index in [-0.39, 0.29) is 29.6 Å². The van der Waals surface area contributed by atoms with Crippen molar-refractivity contribution >= 4 is 17.7 Å². The summed E-state index contributed by atoms with van der Waals surface area (Å²) in [6, 6.07) is 6.19. The maximum atomic E-state index is 13.7. The van der Waals surface area contributed by atoms with E-state index in [0.29, 0.717) is 17.5 Å². The molecule has 2 aromatic rings. The Morgan fingerprint density at radius 1 is 1.41 bits per heavy atom. The Hall–Kier alpha value is -2.35. The zero-order chi connectivity index (χ0) is 19.9. The predicted molar refractivity (Wildman–Crippen MR) is 104 cm³/mol. The monoisotopic (exact) mass is 392 g/mol. The maximum Gasteiger partial charge on any atom is 0.230 e. The van der Waals surface area contributed by atoms with Gasteiger partial charge in [-0.2, -0.15) is 0 Å². The summed E-state index contributed by atoms with van der Waals surface area (Å²) < 4.78 is 21.0. The van der Waals surface area contributed by atoms with E-state index in [9.17, 15) is 9.18 Å². The molecule has 0 unspecified atom stereocenters. The van der Waals surface area contributed by atoms with Crippen LogP contribution in [-0.4, -0.2) is 32.0 Å². The number of para-hydroxylation sites is 1. The van der Waals surface area contributed by atoms with Crippen LogP contribution in [0.1, 0.15) is 33.0 Å². The second kappa shape index (κ2) is 9.55. The van der Waals surface area contributed by atoms with Crippen LogP contribution in [0.2, 0.25) is 0 Å². The van der Waals surface area contributed by atoms with Gasteiger partial charge in [0, 0.05) is 12.1 Å². The summed E-state index contributed by atoms with van der Waals surface area (Å²) in [5.74, 6) is 0.421. The lowest BCUT2D eigenvalue weighted by Crippen LogP contribution is -2.43. The molecule has 1 heterocycles.